The monoisotopic (exact) mass is 390 g/mol. The summed E-state index contributed by atoms with van der Waals surface area (Å²) in [6, 6.07) is 13.6. The Hall–Kier alpha value is -1.85. The molecule has 0 bridgehead atoms. The highest BCUT2D eigenvalue weighted by molar-refractivity contribution is 9.10. The van der Waals surface area contributed by atoms with Crippen LogP contribution in [0.2, 0.25) is 0 Å². The molecule has 1 atom stereocenters. The molecule has 0 aromatic heterocycles. The minimum Gasteiger partial charge on any atom is -0.495 e. The van der Waals surface area contributed by atoms with Gasteiger partial charge in [-0.25, -0.2) is 0 Å². The average molecular weight is 391 g/mol. The number of amides is 1. The highest BCUT2D eigenvalue weighted by atomic mass is 79.9. The SMILES string of the molecule is COc1ccc(C)cc1NC(=O)C(C)N(C)Cc1ccc(Br)cc1. The predicted molar refractivity (Wildman–Crippen MR) is 101 cm³/mol. The van der Waals surface area contributed by atoms with Gasteiger partial charge < -0.3 is 10.1 Å². The molecule has 2 aromatic rings. The number of benzene rings is 2. The Bertz CT molecular complexity index is 701. The molecular formula is C19H23BrN2O2. The van der Waals surface area contributed by atoms with Crippen molar-refractivity contribution in [3.05, 3.63) is 58.1 Å². The first kappa shape index (κ1) is 18.5. The Morgan fingerprint density at radius 2 is 1.92 bits per heavy atom. The lowest BCUT2D eigenvalue weighted by Gasteiger charge is -2.24. The maximum atomic E-state index is 12.6. The summed E-state index contributed by atoms with van der Waals surface area (Å²) in [6.45, 7) is 4.58. The lowest BCUT2D eigenvalue weighted by atomic mass is 10.1. The Morgan fingerprint density at radius 1 is 1.25 bits per heavy atom. The van der Waals surface area contributed by atoms with Crippen LogP contribution in [0.1, 0.15) is 18.1 Å². The molecule has 0 fully saturated rings. The van der Waals surface area contributed by atoms with Gasteiger partial charge in [-0.3, -0.25) is 9.69 Å². The molecular weight excluding hydrogens is 368 g/mol. The van der Waals surface area contributed by atoms with Gasteiger partial charge in [-0.1, -0.05) is 34.1 Å². The Labute approximate surface area is 151 Å². The second kappa shape index (κ2) is 8.31. The molecule has 24 heavy (non-hydrogen) atoms. The number of carbonyl (C=O) groups excluding carboxylic acids is 1. The summed E-state index contributed by atoms with van der Waals surface area (Å²) in [5.41, 5.74) is 2.93. The van der Waals surface area contributed by atoms with E-state index in [1.807, 2.05) is 56.1 Å². The van der Waals surface area contributed by atoms with Crippen molar-refractivity contribution in [2.24, 2.45) is 0 Å². The highest BCUT2D eigenvalue weighted by Crippen LogP contribution is 2.25. The number of hydrogen-bond donors (Lipinski definition) is 1. The fraction of sp³-hybridized carbons (Fsp3) is 0.316. The summed E-state index contributed by atoms with van der Waals surface area (Å²) in [7, 11) is 3.54. The number of hydrogen-bond acceptors (Lipinski definition) is 3. The molecule has 0 spiro atoms. The molecule has 0 heterocycles. The molecule has 0 saturated carbocycles. The third-order valence-corrected chi connectivity index (χ3v) is 4.53. The van der Waals surface area contributed by atoms with E-state index in [1.54, 1.807) is 7.11 Å². The normalized spacial score (nSPS) is 12.1. The van der Waals surface area contributed by atoms with Crippen LogP contribution in [-0.4, -0.2) is 31.0 Å². The minimum absolute atomic E-state index is 0.0569. The topological polar surface area (TPSA) is 41.6 Å². The van der Waals surface area contributed by atoms with Crippen molar-refractivity contribution in [2.45, 2.75) is 26.4 Å². The number of carbonyl (C=O) groups is 1. The van der Waals surface area contributed by atoms with Gasteiger partial charge in [-0.2, -0.15) is 0 Å². The van der Waals surface area contributed by atoms with E-state index in [1.165, 1.54) is 0 Å². The second-order valence-corrected chi connectivity index (χ2v) is 6.83. The van der Waals surface area contributed by atoms with E-state index < -0.39 is 0 Å². The summed E-state index contributed by atoms with van der Waals surface area (Å²) in [6.07, 6.45) is 0. The van der Waals surface area contributed by atoms with Crippen molar-refractivity contribution in [1.82, 2.24) is 4.90 Å². The van der Waals surface area contributed by atoms with Crippen LogP contribution in [0.15, 0.2) is 46.9 Å². The lowest BCUT2D eigenvalue weighted by molar-refractivity contribution is -0.120. The van der Waals surface area contributed by atoms with Crippen molar-refractivity contribution >= 4 is 27.5 Å². The number of nitrogens with zero attached hydrogens (tertiary/aromatic N) is 1. The maximum absolute atomic E-state index is 12.6. The van der Waals surface area contributed by atoms with E-state index in [0.29, 0.717) is 18.0 Å². The fourth-order valence-electron chi connectivity index (χ4n) is 2.37. The van der Waals surface area contributed by atoms with Crippen LogP contribution >= 0.6 is 15.9 Å². The van der Waals surface area contributed by atoms with Gasteiger partial charge in [0.2, 0.25) is 5.91 Å². The largest absolute Gasteiger partial charge is 0.495 e. The van der Waals surface area contributed by atoms with Crippen LogP contribution in [0.3, 0.4) is 0 Å². The van der Waals surface area contributed by atoms with Gasteiger partial charge in [0, 0.05) is 11.0 Å². The zero-order valence-electron chi connectivity index (χ0n) is 14.5. The number of ether oxygens (including phenoxy) is 1. The lowest BCUT2D eigenvalue weighted by Crippen LogP contribution is -2.39. The molecule has 1 amide bonds. The van der Waals surface area contributed by atoms with Crippen molar-refractivity contribution in [1.29, 1.82) is 0 Å². The third-order valence-electron chi connectivity index (χ3n) is 4.00. The number of methoxy groups -OCH3 is 1. The van der Waals surface area contributed by atoms with E-state index in [-0.39, 0.29) is 11.9 Å². The Balaban J connectivity index is 2.03. The summed E-state index contributed by atoms with van der Waals surface area (Å²) in [5.74, 6) is 0.607. The fourth-order valence-corrected chi connectivity index (χ4v) is 2.64. The third kappa shape index (κ3) is 4.82. The second-order valence-electron chi connectivity index (χ2n) is 5.91. The Kier molecular flexibility index (Phi) is 6.40. The highest BCUT2D eigenvalue weighted by Gasteiger charge is 2.19. The van der Waals surface area contributed by atoms with Gasteiger partial charge >= 0.3 is 0 Å². The number of aryl methyl sites for hydroxylation is 1. The number of likely N-dealkylation sites (N-methyl/N-ethyl adjacent to an activating group) is 1. The molecule has 0 aliphatic carbocycles. The van der Waals surface area contributed by atoms with Crippen LogP contribution in [0.25, 0.3) is 0 Å². The molecule has 2 aromatic carbocycles. The molecule has 0 saturated heterocycles. The molecule has 0 aliphatic heterocycles. The standard InChI is InChI=1S/C19H23BrN2O2/c1-13-5-10-18(24-4)17(11-13)21-19(23)14(2)22(3)12-15-6-8-16(20)9-7-15/h5-11,14H,12H2,1-4H3,(H,21,23). The van der Waals surface area contributed by atoms with Gasteiger partial charge in [0.1, 0.15) is 5.75 Å². The zero-order chi connectivity index (χ0) is 17.7. The van der Waals surface area contributed by atoms with Crippen molar-refractivity contribution in [3.8, 4) is 5.75 Å². The van der Waals surface area contributed by atoms with E-state index >= 15 is 0 Å². The van der Waals surface area contributed by atoms with E-state index in [9.17, 15) is 4.79 Å². The van der Waals surface area contributed by atoms with Crippen LogP contribution in [0.4, 0.5) is 5.69 Å². The van der Waals surface area contributed by atoms with Crippen LogP contribution in [0, 0.1) is 6.92 Å². The zero-order valence-corrected chi connectivity index (χ0v) is 16.1. The number of anilines is 1. The average Bonchev–Trinajstić information content (AvgIpc) is 2.56. The molecule has 4 nitrogen and oxygen atoms in total. The molecule has 0 radical (unpaired) electrons. The number of halogens is 1. The van der Waals surface area contributed by atoms with E-state index in [0.717, 1.165) is 15.6 Å². The van der Waals surface area contributed by atoms with Crippen molar-refractivity contribution < 1.29 is 9.53 Å². The molecule has 128 valence electrons. The molecule has 1 unspecified atom stereocenters. The molecule has 1 N–H and O–H groups in total. The van der Waals surface area contributed by atoms with Crippen LogP contribution in [-0.2, 0) is 11.3 Å². The summed E-state index contributed by atoms with van der Waals surface area (Å²) in [5, 5.41) is 2.96. The van der Waals surface area contributed by atoms with Gasteiger partial charge in [-0.15, -0.1) is 0 Å². The first-order valence-corrected chi connectivity index (χ1v) is 8.60. The van der Waals surface area contributed by atoms with Gasteiger partial charge in [0.05, 0.1) is 18.8 Å². The first-order valence-electron chi connectivity index (χ1n) is 7.81. The van der Waals surface area contributed by atoms with Crippen molar-refractivity contribution in [2.75, 3.05) is 19.5 Å². The quantitative estimate of drug-likeness (QED) is 0.802. The number of rotatable bonds is 6. The first-order chi connectivity index (χ1) is 11.4. The molecule has 0 aliphatic rings. The van der Waals surface area contributed by atoms with Gasteiger partial charge in [0.15, 0.2) is 0 Å². The Morgan fingerprint density at radius 3 is 2.54 bits per heavy atom. The van der Waals surface area contributed by atoms with E-state index in [4.69, 9.17) is 4.74 Å². The van der Waals surface area contributed by atoms with Crippen LogP contribution in [0.5, 0.6) is 5.75 Å². The van der Waals surface area contributed by atoms with Crippen LogP contribution < -0.4 is 10.1 Å². The number of nitrogens with one attached hydrogen (secondary N) is 1. The molecule has 2 rings (SSSR count). The molecule has 5 heteroatoms. The summed E-state index contributed by atoms with van der Waals surface area (Å²) >= 11 is 3.43. The predicted octanol–water partition coefficient (Wildman–Crippen LogP) is 4.23. The van der Waals surface area contributed by atoms with Crippen molar-refractivity contribution in [3.63, 3.8) is 0 Å². The van der Waals surface area contributed by atoms with Gasteiger partial charge in [0.25, 0.3) is 0 Å². The van der Waals surface area contributed by atoms with E-state index in [2.05, 4.69) is 33.4 Å². The summed E-state index contributed by atoms with van der Waals surface area (Å²) < 4.78 is 6.36. The minimum atomic E-state index is -0.265. The maximum Gasteiger partial charge on any atom is 0.241 e. The smallest absolute Gasteiger partial charge is 0.241 e. The van der Waals surface area contributed by atoms with Gasteiger partial charge in [-0.05, 0) is 56.3 Å². The summed E-state index contributed by atoms with van der Waals surface area (Å²) in [4.78, 5) is 14.6.